The highest BCUT2D eigenvalue weighted by Crippen LogP contribution is 2.24. The van der Waals surface area contributed by atoms with Crippen LogP contribution in [-0.4, -0.2) is 25.2 Å². The van der Waals surface area contributed by atoms with Gasteiger partial charge in [0.15, 0.2) is 6.10 Å². The molecule has 4 nitrogen and oxygen atoms in total. The standard InChI is InChI=1S/C23H25NO3/c1-16-11-12-20(15-17(16)2)27-18(3)23(25)24-13-14-26-22-10-6-8-19-7-4-5-9-21(19)22/h4-12,15,18H,13-14H2,1-3H3,(H,24,25)/t18-/m0/s1. The van der Waals surface area contributed by atoms with E-state index in [0.717, 1.165) is 22.1 Å². The number of amides is 1. The van der Waals surface area contributed by atoms with Crippen LogP contribution in [0.1, 0.15) is 18.1 Å². The summed E-state index contributed by atoms with van der Waals surface area (Å²) < 4.78 is 11.6. The molecule has 3 aromatic rings. The summed E-state index contributed by atoms with van der Waals surface area (Å²) in [6, 6.07) is 19.9. The predicted molar refractivity (Wildman–Crippen MR) is 108 cm³/mol. The van der Waals surface area contributed by atoms with Crippen molar-refractivity contribution in [2.45, 2.75) is 26.9 Å². The molecule has 0 bridgehead atoms. The van der Waals surface area contributed by atoms with Crippen molar-refractivity contribution in [1.82, 2.24) is 5.32 Å². The van der Waals surface area contributed by atoms with Gasteiger partial charge in [0.25, 0.3) is 5.91 Å². The molecule has 0 unspecified atom stereocenters. The van der Waals surface area contributed by atoms with Crippen molar-refractivity contribution >= 4 is 16.7 Å². The van der Waals surface area contributed by atoms with Crippen LogP contribution in [0.4, 0.5) is 0 Å². The summed E-state index contributed by atoms with van der Waals surface area (Å²) in [5.74, 6) is 1.37. The zero-order chi connectivity index (χ0) is 19.2. The van der Waals surface area contributed by atoms with E-state index in [4.69, 9.17) is 9.47 Å². The smallest absolute Gasteiger partial charge is 0.260 e. The van der Waals surface area contributed by atoms with Crippen molar-refractivity contribution in [3.63, 3.8) is 0 Å². The summed E-state index contributed by atoms with van der Waals surface area (Å²) in [6.07, 6.45) is -0.565. The van der Waals surface area contributed by atoms with Crippen molar-refractivity contribution in [2.75, 3.05) is 13.2 Å². The molecule has 0 aliphatic rings. The van der Waals surface area contributed by atoms with E-state index >= 15 is 0 Å². The number of hydrogen-bond acceptors (Lipinski definition) is 3. The van der Waals surface area contributed by atoms with Gasteiger partial charge in [-0.25, -0.2) is 0 Å². The fourth-order valence-corrected chi connectivity index (χ4v) is 2.85. The molecule has 1 amide bonds. The molecule has 0 saturated carbocycles. The van der Waals surface area contributed by atoms with Crippen LogP contribution in [0.15, 0.2) is 60.7 Å². The molecule has 0 saturated heterocycles. The number of hydrogen-bond donors (Lipinski definition) is 1. The maximum Gasteiger partial charge on any atom is 0.260 e. The van der Waals surface area contributed by atoms with Gasteiger partial charge in [-0.15, -0.1) is 0 Å². The summed E-state index contributed by atoms with van der Waals surface area (Å²) >= 11 is 0. The summed E-state index contributed by atoms with van der Waals surface area (Å²) in [4.78, 5) is 12.2. The molecule has 0 spiro atoms. The van der Waals surface area contributed by atoms with E-state index in [-0.39, 0.29) is 5.91 Å². The fraction of sp³-hybridized carbons (Fsp3) is 0.261. The Kier molecular flexibility index (Phi) is 5.97. The van der Waals surface area contributed by atoms with Crippen LogP contribution in [-0.2, 0) is 4.79 Å². The second kappa shape index (κ2) is 8.58. The summed E-state index contributed by atoms with van der Waals surface area (Å²) in [7, 11) is 0. The Hall–Kier alpha value is -3.01. The average molecular weight is 363 g/mol. The van der Waals surface area contributed by atoms with Gasteiger partial charge in [-0.1, -0.05) is 42.5 Å². The molecule has 0 aliphatic carbocycles. The van der Waals surface area contributed by atoms with Gasteiger partial charge < -0.3 is 14.8 Å². The van der Waals surface area contributed by atoms with Crippen LogP contribution in [0.5, 0.6) is 11.5 Å². The van der Waals surface area contributed by atoms with Gasteiger partial charge >= 0.3 is 0 Å². The summed E-state index contributed by atoms with van der Waals surface area (Å²) in [5.41, 5.74) is 2.34. The van der Waals surface area contributed by atoms with Gasteiger partial charge in [0.05, 0.1) is 6.54 Å². The van der Waals surface area contributed by atoms with E-state index in [9.17, 15) is 4.79 Å². The zero-order valence-electron chi connectivity index (χ0n) is 16.0. The van der Waals surface area contributed by atoms with Crippen molar-refractivity contribution < 1.29 is 14.3 Å². The van der Waals surface area contributed by atoms with Gasteiger partial charge in [-0.05, 0) is 55.5 Å². The van der Waals surface area contributed by atoms with E-state index in [1.54, 1.807) is 6.92 Å². The molecule has 0 radical (unpaired) electrons. The van der Waals surface area contributed by atoms with Crippen molar-refractivity contribution in [2.24, 2.45) is 0 Å². The SMILES string of the molecule is Cc1ccc(O[C@@H](C)C(=O)NCCOc2cccc3ccccc23)cc1C. The highest BCUT2D eigenvalue weighted by Gasteiger charge is 2.14. The third-order valence-corrected chi connectivity index (χ3v) is 4.57. The van der Waals surface area contributed by atoms with Crippen molar-refractivity contribution in [3.05, 3.63) is 71.8 Å². The molecular weight excluding hydrogens is 338 g/mol. The lowest BCUT2D eigenvalue weighted by molar-refractivity contribution is -0.127. The predicted octanol–water partition coefficient (Wildman–Crippen LogP) is 4.42. The van der Waals surface area contributed by atoms with Gasteiger partial charge in [-0.3, -0.25) is 4.79 Å². The average Bonchev–Trinajstić information content (AvgIpc) is 2.68. The molecule has 0 aliphatic heterocycles. The van der Waals surface area contributed by atoms with E-state index in [0.29, 0.717) is 18.9 Å². The molecule has 0 fully saturated rings. The molecule has 1 atom stereocenters. The third-order valence-electron chi connectivity index (χ3n) is 4.57. The van der Waals surface area contributed by atoms with Crippen LogP contribution in [0.25, 0.3) is 10.8 Å². The Balaban J connectivity index is 1.48. The Bertz CT molecular complexity index is 931. The van der Waals surface area contributed by atoms with Gasteiger partial charge in [0.2, 0.25) is 0 Å². The second-order valence-corrected chi connectivity index (χ2v) is 6.62. The minimum atomic E-state index is -0.565. The monoisotopic (exact) mass is 363 g/mol. The van der Waals surface area contributed by atoms with E-state index in [1.807, 2.05) is 62.4 Å². The van der Waals surface area contributed by atoms with E-state index in [1.165, 1.54) is 5.56 Å². The van der Waals surface area contributed by atoms with Crippen LogP contribution in [0, 0.1) is 13.8 Å². The number of carbonyl (C=O) groups is 1. The molecular formula is C23H25NO3. The fourth-order valence-electron chi connectivity index (χ4n) is 2.85. The highest BCUT2D eigenvalue weighted by atomic mass is 16.5. The highest BCUT2D eigenvalue weighted by molar-refractivity contribution is 5.88. The lowest BCUT2D eigenvalue weighted by Crippen LogP contribution is -2.38. The quantitative estimate of drug-likeness (QED) is 0.632. The number of rotatable bonds is 7. The molecule has 140 valence electrons. The molecule has 0 aromatic heterocycles. The molecule has 3 rings (SSSR count). The zero-order valence-corrected chi connectivity index (χ0v) is 16.0. The summed E-state index contributed by atoms with van der Waals surface area (Å²) in [6.45, 7) is 6.64. The molecule has 4 heteroatoms. The largest absolute Gasteiger partial charge is 0.491 e. The van der Waals surface area contributed by atoms with E-state index < -0.39 is 6.10 Å². The first-order valence-electron chi connectivity index (χ1n) is 9.17. The maximum absolute atomic E-state index is 12.2. The Morgan fingerprint density at radius 2 is 1.78 bits per heavy atom. The normalized spacial score (nSPS) is 11.8. The van der Waals surface area contributed by atoms with Gasteiger partial charge in [-0.2, -0.15) is 0 Å². The topological polar surface area (TPSA) is 47.6 Å². The lowest BCUT2D eigenvalue weighted by atomic mass is 10.1. The molecule has 27 heavy (non-hydrogen) atoms. The lowest BCUT2D eigenvalue weighted by Gasteiger charge is -2.16. The number of benzene rings is 3. The van der Waals surface area contributed by atoms with Gasteiger partial charge in [0.1, 0.15) is 18.1 Å². The first-order chi connectivity index (χ1) is 13.0. The first-order valence-corrected chi connectivity index (χ1v) is 9.17. The first kappa shape index (κ1) is 18.8. The minimum absolute atomic E-state index is 0.158. The van der Waals surface area contributed by atoms with Crippen LogP contribution >= 0.6 is 0 Å². The number of fused-ring (bicyclic) bond motifs is 1. The van der Waals surface area contributed by atoms with Gasteiger partial charge in [0, 0.05) is 5.39 Å². The van der Waals surface area contributed by atoms with Crippen LogP contribution < -0.4 is 14.8 Å². The number of carbonyl (C=O) groups excluding carboxylic acids is 1. The number of aryl methyl sites for hydroxylation is 2. The molecule has 0 heterocycles. The maximum atomic E-state index is 12.2. The summed E-state index contributed by atoms with van der Waals surface area (Å²) in [5, 5.41) is 5.06. The number of ether oxygens (including phenoxy) is 2. The van der Waals surface area contributed by atoms with Crippen molar-refractivity contribution in [3.8, 4) is 11.5 Å². The third kappa shape index (κ3) is 4.79. The molecule has 1 N–H and O–H groups in total. The molecule has 3 aromatic carbocycles. The van der Waals surface area contributed by atoms with Crippen LogP contribution in [0.3, 0.4) is 0 Å². The van der Waals surface area contributed by atoms with E-state index in [2.05, 4.69) is 17.4 Å². The Morgan fingerprint density at radius 1 is 1.00 bits per heavy atom. The second-order valence-electron chi connectivity index (χ2n) is 6.62. The number of nitrogens with one attached hydrogen (secondary N) is 1. The minimum Gasteiger partial charge on any atom is -0.491 e. The Morgan fingerprint density at radius 3 is 2.59 bits per heavy atom. The van der Waals surface area contributed by atoms with Crippen LogP contribution in [0.2, 0.25) is 0 Å². The van der Waals surface area contributed by atoms with Crippen molar-refractivity contribution in [1.29, 1.82) is 0 Å². The Labute approximate surface area is 160 Å².